The van der Waals surface area contributed by atoms with Gasteiger partial charge >= 0.3 is 0 Å². The lowest BCUT2D eigenvalue weighted by molar-refractivity contribution is -0.386. The lowest BCUT2D eigenvalue weighted by Gasteiger charge is -2.05. The van der Waals surface area contributed by atoms with Crippen molar-refractivity contribution in [1.29, 1.82) is 0 Å². The van der Waals surface area contributed by atoms with Crippen LogP contribution in [0.4, 0.5) is 0 Å². The fourth-order valence-electron chi connectivity index (χ4n) is 1.40. The molecular formula is C14H16ClNO3S. The van der Waals surface area contributed by atoms with E-state index in [4.69, 9.17) is 11.6 Å². The second-order valence-electron chi connectivity index (χ2n) is 4.15. The first-order valence-corrected chi connectivity index (χ1v) is 7.68. The molecule has 3 N–H and O–H groups in total. The standard InChI is InChI=1S/C7H8ClN.C7H8O3S/c8-7-3-1-2-6(4-7)5-9;1-6-2-4-7(5-3-6)11(8,9)10/h1-4H,5,9H2;2-5H,1H3,(H,8,9,10). The highest BCUT2D eigenvalue weighted by molar-refractivity contribution is 7.85. The van der Waals surface area contributed by atoms with E-state index in [0.29, 0.717) is 0 Å². The highest BCUT2D eigenvalue weighted by atomic mass is 35.5. The number of halogens is 1. The summed E-state index contributed by atoms with van der Waals surface area (Å²) in [5, 5.41) is 0.788. The molecule has 0 unspecified atom stereocenters. The van der Waals surface area contributed by atoms with Crippen LogP contribution < -0.4 is 5.73 Å². The molecule has 0 aliphatic heterocycles. The number of rotatable bonds is 2. The van der Waals surface area contributed by atoms with Gasteiger partial charge in [-0.3, -0.25) is 0 Å². The predicted molar refractivity (Wildman–Crippen MR) is 77.2 cm³/mol. The summed E-state index contributed by atoms with van der Waals surface area (Å²) >= 11 is 5.70. The van der Waals surface area contributed by atoms with Gasteiger partial charge in [-0.05, 0) is 31.2 Å². The van der Waals surface area contributed by atoms with Gasteiger partial charge in [0.25, 0.3) is 0 Å². The van der Waals surface area contributed by atoms with Gasteiger partial charge in [-0.25, -0.2) is 8.42 Å². The number of aryl methyl sites for hydroxylation is 1. The Hall–Kier alpha value is -1.40. The van der Waals surface area contributed by atoms with Crippen molar-refractivity contribution < 1.29 is 18.7 Å². The third kappa shape index (κ3) is 5.71. The molecule has 0 amide bonds. The van der Waals surface area contributed by atoms with Gasteiger partial charge in [-0.15, -0.1) is 0 Å². The molecule has 0 radical (unpaired) electrons. The maximum absolute atomic E-state index is 10.4. The molecular weight excluding hydrogens is 298 g/mol. The molecule has 2 aromatic carbocycles. The van der Waals surface area contributed by atoms with Crippen LogP contribution in [0.1, 0.15) is 11.1 Å². The summed E-state index contributed by atoms with van der Waals surface area (Å²) in [7, 11) is -4.27. The number of benzene rings is 2. The normalized spacial score (nSPS) is 10.6. The molecule has 0 bridgehead atoms. The Balaban J connectivity index is 0.000000204. The lowest BCUT2D eigenvalue weighted by atomic mass is 10.2. The molecule has 0 aliphatic carbocycles. The van der Waals surface area contributed by atoms with E-state index in [0.717, 1.165) is 17.1 Å². The van der Waals surface area contributed by atoms with Crippen molar-refractivity contribution >= 4 is 21.7 Å². The van der Waals surface area contributed by atoms with Gasteiger partial charge in [-0.1, -0.05) is 41.4 Å². The summed E-state index contributed by atoms with van der Waals surface area (Å²) in [4.78, 5) is -0.178. The van der Waals surface area contributed by atoms with Crippen molar-refractivity contribution in [2.24, 2.45) is 0 Å². The average molecular weight is 314 g/mol. The molecule has 0 spiro atoms. The first-order chi connectivity index (χ1) is 9.32. The average Bonchev–Trinajstić information content (AvgIpc) is 2.39. The molecule has 2 rings (SSSR count). The number of hydrogen-bond acceptors (Lipinski definition) is 3. The van der Waals surface area contributed by atoms with Crippen molar-refractivity contribution in [3.05, 3.63) is 64.7 Å². The van der Waals surface area contributed by atoms with Gasteiger partial charge in [0.1, 0.15) is 10.1 Å². The van der Waals surface area contributed by atoms with Crippen molar-refractivity contribution in [3.8, 4) is 0 Å². The van der Waals surface area contributed by atoms with E-state index >= 15 is 0 Å². The minimum Gasteiger partial charge on any atom is -0.744 e. The van der Waals surface area contributed by atoms with E-state index in [1.54, 1.807) is 12.1 Å². The Morgan fingerprint density at radius 3 is 2.15 bits per heavy atom. The molecule has 0 saturated carbocycles. The molecule has 2 aromatic rings. The van der Waals surface area contributed by atoms with Crippen LogP contribution in [0.5, 0.6) is 0 Å². The summed E-state index contributed by atoms with van der Waals surface area (Å²) in [6.07, 6.45) is 0. The molecule has 4 nitrogen and oxygen atoms in total. The summed E-state index contributed by atoms with van der Waals surface area (Å²) in [6.45, 7) is 2.63. The van der Waals surface area contributed by atoms with Gasteiger partial charge in [-0.2, -0.15) is 0 Å². The van der Waals surface area contributed by atoms with Gasteiger partial charge in [0, 0.05) is 10.6 Å². The molecule has 0 fully saturated rings. The molecule has 20 heavy (non-hydrogen) atoms. The maximum atomic E-state index is 10.4. The number of quaternary nitrogens is 1. The SMILES string of the molecule is Cc1ccc(S(=O)(=O)[O-])cc1.[NH3+]Cc1cccc(Cl)c1. The third-order valence-corrected chi connectivity index (χ3v) is 3.57. The van der Waals surface area contributed by atoms with E-state index in [2.05, 4.69) is 5.73 Å². The minimum absolute atomic E-state index is 0.178. The van der Waals surface area contributed by atoms with E-state index in [9.17, 15) is 13.0 Å². The van der Waals surface area contributed by atoms with Crippen LogP contribution in [0.15, 0.2) is 53.4 Å². The third-order valence-electron chi connectivity index (χ3n) is 2.49. The fourth-order valence-corrected chi connectivity index (χ4v) is 2.08. The van der Waals surface area contributed by atoms with Crippen LogP contribution in [-0.2, 0) is 16.7 Å². The van der Waals surface area contributed by atoms with Crippen molar-refractivity contribution in [1.82, 2.24) is 0 Å². The smallest absolute Gasteiger partial charge is 0.124 e. The lowest BCUT2D eigenvalue weighted by Crippen LogP contribution is -2.47. The Morgan fingerprint density at radius 2 is 1.75 bits per heavy atom. The minimum atomic E-state index is -4.27. The van der Waals surface area contributed by atoms with Crippen molar-refractivity contribution in [2.75, 3.05) is 0 Å². The molecule has 0 aromatic heterocycles. The topological polar surface area (TPSA) is 84.8 Å². The van der Waals surface area contributed by atoms with Crippen LogP contribution in [-0.4, -0.2) is 13.0 Å². The first-order valence-electron chi connectivity index (χ1n) is 5.89. The Labute approximate surface area is 123 Å². The highest BCUT2D eigenvalue weighted by Crippen LogP contribution is 2.09. The first kappa shape index (κ1) is 16.7. The maximum Gasteiger partial charge on any atom is 0.124 e. The van der Waals surface area contributed by atoms with E-state index in [-0.39, 0.29) is 4.90 Å². The summed E-state index contributed by atoms with van der Waals surface area (Å²) in [5.41, 5.74) is 5.85. The van der Waals surface area contributed by atoms with Crippen LogP contribution in [0.3, 0.4) is 0 Å². The highest BCUT2D eigenvalue weighted by Gasteiger charge is 1.97. The van der Waals surface area contributed by atoms with Crippen LogP contribution in [0.2, 0.25) is 5.02 Å². The molecule has 0 heterocycles. The summed E-state index contributed by atoms with van der Waals surface area (Å²) in [5.74, 6) is 0. The largest absolute Gasteiger partial charge is 0.744 e. The van der Waals surface area contributed by atoms with E-state index in [1.807, 2.05) is 31.2 Å². The monoisotopic (exact) mass is 313 g/mol. The zero-order chi connectivity index (χ0) is 15.2. The Bertz CT molecular complexity index is 654. The van der Waals surface area contributed by atoms with Crippen LogP contribution in [0.25, 0.3) is 0 Å². The van der Waals surface area contributed by atoms with Gasteiger partial charge in [0.05, 0.1) is 11.4 Å². The Kier molecular flexibility index (Phi) is 6.16. The van der Waals surface area contributed by atoms with E-state index in [1.165, 1.54) is 17.7 Å². The summed E-state index contributed by atoms with van der Waals surface area (Å²) in [6, 6.07) is 13.5. The van der Waals surface area contributed by atoms with Gasteiger partial charge < -0.3 is 10.3 Å². The summed E-state index contributed by atoms with van der Waals surface area (Å²) < 4.78 is 31.2. The van der Waals surface area contributed by atoms with Crippen LogP contribution in [0, 0.1) is 6.92 Å². The predicted octanol–water partition coefficient (Wildman–Crippen LogP) is 1.98. The Morgan fingerprint density at radius 1 is 1.15 bits per heavy atom. The molecule has 0 saturated heterocycles. The van der Waals surface area contributed by atoms with Crippen LogP contribution >= 0.6 is 11.6 Å². The fraction of sp³-hybridized carbons (Fsp3) is 0.143. The molecule has 108 valence electrons. The number of hydrogen-bond donors (Lipinski definition) is 1. The van der Waals surface area contributed by atoms with Crippen molar-refractivity contribution in [2.45, 2.75) is 18.4 Å². The van der Waals surface area contributed by atoms with Crippen molar-refractivity contribution in [3.63, 3.8) is 0 Å². The van der Waals surface area contributed by atoms with Gasteiger partial charge in [0.2, 0.25) is 0 Å². The zero-order valence-corrected chi connectivity index (χ0v) is 12.6. The zero-order valence-electron chi connectivity index (χ0n) is 11.0. The van der Waals surface area contributed by atoms with E-state index < -0.39 is 10.1 Å². The second-order valence-corrected chi connectivity index (χ2v) is 5.96. The molecule has 0 atom stereocenters. The molecule has 6 heteroatoms. The second kappa shape index (κ2) is 7.40. The quantitative estimate of drug-likeness (QED) is 0.860. The van der Waals surface area contributed by atoms with Gasteiger partial charge in [0.15, 0.2) is 0 Å². The molecule has 0 aliphatic rings.